The molecule has 4 nitrogen and oxygen atoms in total. The van der Waals surface area contributed by atoms with Gasteiger partial charge in [0.2, 0.25) is 0 Å². The average Bonchev–Trinajstić information content (AvgIpc) is 2.56. The number of nitrogens with one attached hydrogen (secondary N) is 2. The molecule has 1 heterocycles. The molecule has 0 aliphatic carbocycles. The first-order chi connectivity index (χ1) is 11.5. The maximum atomic E-state index is 12.2. The SMILES string of the molecule is O=c1[nH]c(=Cc2c(Cl)cccc2Cl)c(=O)[nH]c1=Cc1ccccc1. The van der Waals surface area contributed by atoms with Crippen LogP contribution in [-0.2, 0) is 0 Å². The Bertz CT molecular complexity index is 1100. The molecule has 1 aromatic heterocycles. The minimum Gasteiger partial charge on any atom is -0.316 e. The van der Waals surface area contributed by atoms with Gasteiger partial charge in [0.15, 0.2) is 0 Å². The zero-order valence-electron chi connectivity index (χ0n) is 12.3. The van der Waals surface area contributed by atoms with Gasteiger partial charge in [0.05, 0.1) is 0 Å². The van der Waals surface area contributed by atoms with Crippen LogP contribution in [-0.4, -0.2) is 9.97 Å². The molecule has 0 unspecified atom stereocenters. The third-order valence-corrected chi connectivity index (χ3v) is 4.04. The molecule has 0 fully saturated rings. The Labute approximate surface area is 146 Å². The van der Waals surface area contributed by atoms with E-state index >= 15 is 0 Å². The maximum Gasteiger partial charge on any atom is 0.272 e. The molecule has 2 N–H and O–H groups in total. The highest BCUT2D eigenvalue weighted by atomic mass is 35.5. The number of H-pyrrole nitrogens is 2. The molecular formula is C18H12Cl2N2O2. The summed E-state index contributed by atoms with van der Waals surface area (Å²) in [6.07, 6.45) is 3.06. The van der Waals surface area contributed by atoms with Crippen molar-refractivity contribution in [3.63, 3.8) is 0 Å². The molecule has 0 saturated heterocycles. The fraction of sp³-hybridized carbons (Fsp3) is 0. The Morgan fingerprint density at radius 3 is 1.83 bits per heavy atom. The van der Waals surface area contributed by atoms with Crippen molar-refractivity contribution < 1.29 is 0 Å². The number of aromatic nitrogens is 2. The Morgan fingerprint density at radius 1 is 0.708 bits per heavy atom. The van der Waals surface area contributed by atoms with E-state index in [4.69, 9.17) is 23.2 Å². The molecule has 0 atom stereocenters. The van der Waals surface area contributed by atoms with Gasteiger partial charge in [0, 0.05) is 15.6 Å². The van der Waals surface area contributed by atoms with Crippen LogP contribution < -0.4 is 21.8 Å². The Kier molecular flexibility index (Phi) is 4.69. The molecule has 3 rings (SSSR count). The molecule has 24 heavy (non-hydrogen) atoms. The van der Waals surface area contributed by atoms with Crippen LogP contribution in [0, 0.1) is 0 Å². The molecule has 120 valence electrons. The molecule has 0 aliphatic rings. The third-order valence-electron chi connectivity index (χ3n) is 3.38. The molecule has 0 radical (unpaired) electrons. The predicted molar refractivity (Wildman–Crippen MR) is 97.0 cm³/mol. The lowest BCUT2D eigenvalue weighted by Crippen LogP contribution is -2.46. The van der Waals surface area contributed by atoms with E-state index in [0.717, 1.165) is 5.56 Å². The Hall–Kier alpha value is -2.56. The maximum absolute atomic E-state index is 12.2. The molecule has 6 heteroatoms. The van der Waals surface area contributed by atoms with Crippen molar-refractivity contribution in [2.24, 2.45) is 0 Å². The standard InChI is InChI=1S/C18H12Cl2N2O2/c19-13-7-4-8-14(20)12(13)10-16-18(24)21-15(17(23)22-16)9-11-5-2-1-3-6-11/h1-10H,(H,21,24)(H,22,23). The summed E-state index contributed by atoms with van der Waals surface area (Å²) < 4.78 is 0. The van der Waals surface area contributed by atoms with Gasteiger partial charge in [-0.3, -0.25) is 9.59 Å². The zero-order valence-corrected chi connectivity index (χ0v) is 13.9. The van der Waals surface area contributed by atoms with Crippen molar-refractivity contribution in [1.29, 1.82) is 0 Å². The van der Waals surface area contributed by atoms with Crippen LogP contribution in [0.4, 0.5) is 0 Å². The Morgan fingerprint density at radius 2 is 1.25 bits per heavy atom. The van der Waals surface area contributed by atoms with E-state index in [-0.39, 0.29) is 10.7 Å². The summed E-state index contributed by atoms with van der Waals surface area (Å²) in [5.74, 6) is 0. The average molecular weight is 359 g/mol. The molecule has 0 spiro atoms. The monoisotopic (exact) mass is 358 g/mol. The first-order valence-corrected chi connectivity index (χ1v) is 7.85. The predicted octanol–water partition coefficient (Wildman–Crippen LogP) is 2.03. The lowest BCUT2D eigenvalue weighted by molar-refractivity contribution is 1.00. The van der Waals surface area contributed by atoms with Gasteiger partial charge in [-0.25, -0.2) is 0 Å². The highest BCUT2D eigenvalue weighted by Gasteiger charge is 2.03. The summed E-state index contributed by atoms with van der Waals surface area (Å²) in [5.41, 5.74) is 0.437. The quantitative estimate of drug-likeness (QED) is 0.735. The molecule has 3 aromatic rings. The van der Waals surface area contributed by atoms with Gasteiger partial charge in [-0.15, -0.1) is 0 Å². The second-order valence-corrected chi connectivity index (χ2v) is 5.88. The van der Waals surface area contributed by atoms with Crippen molar-refractivity contribution in [3.05, 3.63) is 101 Å². The third kappa shape index (κ3) is 3.50. The normalized spacial score (nSPS) is 12.6. The van der Waals surface area contributed by atoms with Crippen molar-refractivity contribution in [2.75, 3.05) is 0 Å². The van der Waals surface area contributed by atoms with E-state index in [0.29, 0.717) is 15.6 Å². The number of hydrogen-bond donors (Lipinski definition) is 2. The first kappa shape index (κ1) is 16.3. The number of halogens is 2. The second-order valence-electron chi connectivity index (χ2n) is 5.07. The molecule has 0 saturated carbocycles. The zero-order chi connectivity index (χ0) is 17.1. The minimum absolute atomic E-state index is 0.0835. The molecule has 0 amide bonds. The van der Waals surface area contributed by atoms with Crippen molar-refractivity contribution in [2.45, 2.75) is 0 Å². The van der Waals surface area contributed by atoms with E-state index < -0.39 is 11.1 Å². The number of rotatable bonds is 2. The van der Waals surface area contributed by atoms with Crippen LogP contribution in [0.1, 0.15) is 11.1 Å². The molecule has 0 bridgehead atoms. The van der Waals surface area contributed by atoms with Gasteiger partial charge in [-0.1, -0.05) is 59.6 Å². The lowest BCUT2D eigenvalue weighted by Gasteiger charge is -2.00. The topological polar surface area (TPSA) is 65.7 Å². The summed E-state index contributed by atoms with van der Waals surface area (Å²) in [4.78, 5) is 29.6. The Balaban J connectivity index is 2.19. The van der Waals surface area contributed by atoms with E-state index in [2.05, 4.69) is 9.97 Å². The van der Waals surface area contributed by atoms with Crippen molar-refractivity contribution >= 4 is 35.4 Å². The molecule has 0 aliphatic heterocycles. The first-order valence-electron chi connectivity index (χ1n) is 7.10. The highest BCUT2D eigenvalue weighted by Crippen LogP contribution is 2.24. The molecule has 2 aromatic carbocycles. The van der Waals surface area contributed by atoms with E-state index in [1.165, 1.54) is 6.08 Å². The second kappa shape index (κ2) is 6.91. The lowest BCUT2D eigenvalue weighted by atomic mass is 10.2. The fourth-order valence-electron chi connectivity index (χ4n) is 2.20. The van der Waals surface area contributed by atoms with Crippen LogP contribution >= 0.6 is 23.2 Å². The van der Waals surface area contributed by atoms with Crippen LogP contribution in [0.3, 0.4) is 0 Å². The van der Waals surface area contributed by atoms with Crippen LogP contribution in [0.15, 0.2) is 58.1 Å². The summed E-state index contributed by atoms with van der Waals surface area (Å²) in [5, 5.41) is 1.04. The number of benzene rings is 2. The summed E-state index contributed by atoms with van der Waals surface area (Å²) in [7, 11) is 0. The van der Waals surface area contributed by atoms with Gasteiger partial charge in [-0.2, -0.15) is 0 Å². The fourth-order valence-corrected chi connectivity index (χ4v) is 2.71. The van der Waals surface area contributed by atoms with Gasteiger partial charge >= 0.3 is 0 Å². The number of hydrogen-bond acceptors (Lipinski definition) is 2. The van der Waals surface area contributed by atoms with Crippen molar-refractivity contribution in [3.8, 4) is 0 Å². The molecular weight excluding hydrogens is 347 g/mol. The minimum atomic E-state index is -0.437. The number of aromatic amines is 2. The highest BCUT2D eigenvalue weighted by molar-refractivity contribution is 6.37. The smallest absolute Gasteiger partial charge is 0.272 e. The van der Waals surface area contributed by atoms with Crippen molar-refractivity contribution in [1.82, 2.24) is 9.97 Å². The van der Waals surface area contributed by atoms with Gasteiger partial charge < -0.3 is 9.97 Å². The van der Waals surface area contributed by atoms with Gasteiger partial charge in [-0.05, 0) is 29.8 Å². The summed E-state index contributed by atoms with van der Waals surface area (Å²) in [6, 6.07) is 14.2. The van der Waals surface area contributed by atoms with Crippen LogP contribution in [0.2, 0.25) is 10.0 Å². The van der Waals surface area contributed by atoms with Crippen LogP contribution in [0.25, 0.3) is 12.2 Å². The van der Waals surface area contributed by atoms with Gasteiger partial charge in [0.25, 0.3) is 11.1 Å². The largest absolute Gasteiger partial charge is 0.316 e. The summed E-state index contributed by atoms with van der Waals surface area (Å²) >= 11 is 12.2. The van der Waals surface area contributed by atoms with E-state index in [1.54, 1.807) is 24.3 Å². The van der Waals surface area contributed by atoms with Gasteiger partial charge in [0.1, 0.15) is 10.7 Å². The van der Waals surface area contributed by atoms with Crippen LogP contribution in [0.5, 0.6) is 0 Å². The van der Waals surface area contributed by atoms with E-state index in [1.807, 2.05) is 30.3 Å². The van der Waals surface area contributed by atoms with E-state index in [9.17, 15) is 9.59 Å². The summed E-state index contributed by atoms with van der Waals surface area (Å²) in [6.45, 7) is 0.